The first-order chi connectivity index (χ1) is 16.8. The van der Waals surface area contributed by atoms with E-state index in [1.807, 2.05) is 48.5 Å². The van der Waals surface area contributed by atoms with Crippen molar-refractivity contribution in [1.29, 1.82) is 0 Å². The van der Waals surface area contributed by atoms with Crippen molar-refractivity contribution >= 4 is 18.0 Å². The van der Waals surface area contributed by atoms with Gasteiger partial charge in [0.25, 0.3) is 5.92 Å². The molecule has 0 bridgehead atoms. The molecule has 2 aromatic rings. The summed E-state index contributed by atoms with van der Waals surface area (Å²) in [5.74, 6) is -8.72. The number of benzene rings is 2. The van der Waals surface area contributed by atoms with Crippen molar-refractivity contribution in [2.75, 3.05) is 19.8 Å². The minimum atomic E-state index is -3.31. The van der Waals surface area contributed by atoms with Crippen molar-refractivity contribution in [2.45, 2.75) is 30.4 Å². The Morgan fingerprint density at radius 1 is 1.06 bits per heavy atom. The molecule has 5 rings (SSSR count). The monoisotopic (exact) mass is 486 g/mol. The van der Waals surface area contributed by atoms with Gasteiger partial charge in [0.05, 0.1) is 12.0 Å². The lowest BCUT2D eigenvalue weighted by molar-refractivity contribution is -0.148. The van der Waals surface area contributed by atoms with Crippen LogP contribution in [0.3, 0.4) is 0 Å². The van der Waals surface area contributed by atoms with E-state index in [9.17, 15) is 23.2 Å². The Morgan fingerprint density at radius 2 is 1.69 bits per heavy atom. The number of hydrogen-bond acceptors (Lipinski definition) is 5. The molecule has 0 unspecified atom stereocenters. The van der Waals surface area contributed by atoms with Crippen LogP contribution in [0.15, 0.2) is 48.5 Å². The van der Waals surface area contributed by atoms with Gasteiger partial charge in [-0.25, -0.2) is 18.4 Å². The number of hydrogen-bond donors (Lipinski definition) is 3. The van der Waals surface area contributed by atoms with Crippen LogP contribution in [0, 0.1) is 11.8 Å². The van der Waals surface area contributed by atoms with Crippen LogP contribution in [0.2, 0.25) is 0 Å². The van der Waals surface area contributed by atoms with E-state index in [0.29, 0.717) is 0 Å². The second-order valence-electron chi connectivity index (χ2n) is 9.00. The fourth-order valence-electron chi connectivity index (χ4n) is 5.10. The molecular formula is C25H24F2N2O6. The number of carbonyl (C=O) groups is 3. The second kappa shape index (κ2) is 8.92. The molecule has 2 aromatic carbocycles. The molecule has 1 heterocycles. The summed E-state index contributed by atoms with van der Waals surface area (Å²) >= 11 is 0. The highest BCUT2D eigenvalue weighted by Crippen LogP contribution is 2.55. The predicted octanol–water partition coefficient (Wildman–Crippen LogP) is 2.76. The zero-order valence-electron chi connectivity index (χ0n) is 18.6. The molecule has 3 aliphatic rings. The number of rotatable bonds is 7. The zero-order valence-corrected chi connectivity index (χ0v) is 18.6. The molecule has 3 N–H and O–H groups in total. The third-order valence-corrected chi connectivity index (χ3v) is 6.96. The van der Waals surface area contributed by atoms with E-state index in [0.717, 1.165) is 22.3 Å². The number of ether oxygens (including phenoxy) is 2. The molecule has 4 atom stereocenters. The first kappa shape index (κ1) is 23.2. The predicted molar refractivity (Wildman–Crippen MR) is 119 cm³/mol. The molecule has 0 radical (unpaired) electrons. The number of carboxylic acid groups (broad SMARTS) is 1. The smallest absolute Gasteiger partial charge is 0.407 e. The van der Waals surface area contributed by atoms with Gasteiger partial charge in [0, 0.05) is 19.1 Å². The molecule has 0 aromatic heterocycles. The summed E-state index contributed by atoms with van der Waals surface area (Å²) in [6.07, 6.45) is -1.88. The molecule has 1 aliphatic heterocycles. The Kier molecular flexibility index (Phi) is 5.92. The largest absolute Gasteiger partial charge is 0.479 e. The van der Waals surface area contributed by atoms with Crippen LogP contribution in [0.1, 0.15) is 23.5 Å². The molecular weight excluding hydrogens is 462 g/mol. The Balaban J connectivity index is 1.14. The molecule has 0 spiro atoms. The van der Waals surface area contributed by atoms with E-state index in [-0.39, 0.29) is 25.6 Å². The van der Waals surface area contributed by atoms with E-state index in [1.165, 1.54) is 0 Å². The Hall–Kier alpha value is -3.53. The lowest BCUT2D eigenvalue weighted by atomic mass is 9.98. The summed E-state index contributed by atoms with van der Waals surface area (Å²) < 4.78 is 38.9. The van der Waals surface area contributed by atoms with Gasteiger partial charge in [-0.15, -0.1) is 0 Å². The Labute approximate surface area is 199 Å². The molecule has 2 amide bonds. The van der Waals surface area contributed by atoms with Crippen LogP contribution in [-0.4, -0.2) is 60.9 Å². The number of alkyl halides is 2. The van der Waals surface area contributed by atoms with E-state index < -0.39 is 54.4 Å². The summed E-state index contributed by atoms with van der Waals surface area (Å²) in [4.78, 5) is 35.8. The number of fused-ring (bicyclic) bond motifs is 3. The van der Waals surface area contributed by atoms with E-state index in [1.54, 1.807) is 0 Å². The maximum Gasteiger partial charge on any atom is 0.407 e. The Bertz CT molecular complexity index is 1130. The molecule has 1 saturated carbocycles. The maximum absolute atomic E-state index is 14.3. The Morgan fingerprint density at radius 3 is 2.31 bits per heavy atom. The van der Waals surface area contributed by atoms with Crippen LogP contribution >= 0.6 is 0 Å². The average molecular weight is 486 g/mol. The van der Waals surface area contributed by atoms with Crippen LogP contribution in [0.25, 0.3) is 11.1 Å². The van der Waals surface area contributed by atoms with Gasteiger partial charge in [-0.05, 0) is 28.7 Å². The minimum Gasteiger partial charge on any atom is -0.479 e. The normalized spacial score (nSPS) is 25.9. The maximum atomic E-state index is 14.3. The van der Waals surface area contributed by atoms with Crippen LogP contribution in [0.5, 0.6) is 0 Å². The first-order valence-electron chi connectivity index (χ1n) is 11.4. The van der Waals surface area contributed by atoms with Crippen molar-refractivity contribution in [1.82, 2.24) is 10.6 Å². The highest BCUT2D eigenvalue weighted by Gasteiger charge is 2.71. The van der Waals surface area contributed by atoms with Gasteiger partial charge in [0.2, 0.25) is 5.91 Å². The summed E-state index contributed by atoms with van der Waals surface area (Å²) in [6, 6.07) is 14.8. The summed E-state index contributed by atoms with van der Waals surface area (Å²) in [5.41, 5.74) is 4.20. The van der Waals surface area contributed by atoms with Gasteiger partial charge in [-0.2, -0.15) is 0 Å². The SMILES string of the molecule is O=C(NC[C@H]1[C@@H](C(=O)N[C@H]2CCO[C@H]2C(=O)O)C1(F)F)OCC1c2ccccc2-c2ccccc21. The molecule has 2 fully saturated rings. The van der Waals surface area contributed by atoms with E-state index in [2.05, 4.69) is 10.6 Å². The van der Waals surface area contributed by atoms with Crippen molar-refractivity contribution in [2.24, 2.45) is 11.8 Å². The van der Waals surface area contributed by atoms with Crippen molar-refractivity contribution in [3.05, 3.63) is 59.7 Å². The number of aliphatic carboxylic acids is 1. The number of carboxylic acids is 1. The lowest BCUT2D eigenvalue weighted by Crippen LogP contribution is -2.45. The van der Waals surface area contributed by atoms with Crippen molar-refractivity contribution in [3.8, 4) is 11.1 Å². The zero-order chi connectivity index (χ0) is 24.7. The van der Waals surface area contributed by atoms with Crippen LogP contribution in [0.4, 0.5) is 13.6 Å². The standard InChI is InChI=1S/C25H24F2N2O6/c26-25(27)18(20(25)22(30)29-19-9-10-34-21(19)23(31)32)11-28-24(33)35-12-17-15-7-3-1-5-13(15)14-6-2-4-8-16(14)17/h1-8,17-21H,9-12H2,(H,28,33)(H,29,30)(H,31,32)/t18-,19-,20-,21+/m0/s1. The summed E-state index contributed by atoms with van der Waals surface area (Å²) in [6.45, 7) is -0.274. The molecule has 2 aliphatic carbocycles. The molecule has 35 heavy (non-hydrogen) atoms. The quantitative estimate of drug-likeness (QED) is 0.555. The fourth-order valence-corrected chi connectivity index (χ4v) is 5.10. The molecule has 1 saturated heterocycles. The number of carbonyl (C=O) groups excluding carboxylic acids is 2. The number of halogens is 2. The average Bonchev–Trinajstić information content (AvgIpc) is 3.13. The first-order valence-corrected chi connectivity index (χ1v) is 11.4. The lowest BCUT2D eigenvalue weighted by Gasteiger charge is -2.16. The highest BCUT2D eigenvalue weighted by atomic mass is 19.3. The third-order valence-electron chi connectivity index (χ3n) is 6.96. The number of nitrogens with one attached hydrogen (secondary N) is 2. The van der Waals surface area contributed by atoms with Crippen molar-refractivity contribution < 1.29 is 37.7 Å². The topological polar surface area (TPSA) is 114 Å². The van der Waals surface area contributed by atoms with E-state index >= 15 is 0 Å². The van der Waals surface area contributed by atoms with E-state index in [4.69, 9.17) is 14.6 Å². The second-order valence-corrected chi connectivity index (χ2v) is 9.00. The number of amides is 2. The van der Waals surface area contributed by atoms with Gasteiger partial charge in [-0.3, -0.25) is 4.79 Å². The summed E-state index contributed by atoms with van der Waals surface area (Å²) in [5, 5.41) is 13.8. The molecule has 10 heteroatoms. The van der Waals surface area contributed by atoms with Gasteiger partial charge in [-0.1, -0.05) is 48.5 Å². The molecule has 184 valence electrons. The van der Waals surface area contributed by atoms with Gasteiger partial charge < -0.3 is 25.2 Å². The van der Waals surface area contributed by atoms with Crippen LogP contribution < -0.4 is 10.6 Å². The van der Waals surface area contributed by atoms with Crippen LogP contribution in [-0.2, 0) is 19.1 Å². The van der Waals surface area contributed by atoms with Gasteiger partial charge >= 0.3 is 12.1 Å². The highest BCUT2D eigenvalue weighted by molar-refractivity contribution is 5.85. The minimum absolute atomic E-state index is 0.0447. The summed E-state index contributed by atoms with van der Waals surface area (Å²) in [7, 11) is 0. The third kappa shape index (κ3) is 4.22. The number of alkyl carbamates (subject to hydrolysis) is 1. The van der Waals surface area contributed by atoms with Crippen molar-refractivity contribution in [3.63, 3.8) is 0 Å². The van der Waals surface area contributed by atoms with Gasteiger partial charge in [0.15, 0.2) is 6.10 Å². The van der Waals surface area contributed by atoms with Gasteiger partial charge in [0.1, 0.15) is 12.5 Å². The fraction of sp³-hybridized carbons (Fsp3) is 0.400. The molecule has 8 nitrogen and oxygen atoms in total.